The van der Waals surface area contributed by atoms with Crippen LogP contribution in [-0.2, 0) is 6.54 Å². The van der Waals surface area contributed by atoms with Crippen molar-refractivity contribution in [1.29, 1.82) is 0 Å². The molecule has 1 amide bonds. The third-order valence-corrected chi connectivity index (χ3v) is 6.79. The zero-order valence-corrected chi connectivity index (χ0v) is 15.8. The topological polar surface area (TPSA) is 71.3 Å². The fourth-order valence-corrected chi connectivity index (χ4v) is 5.07. The molecule has 2 saturated heterocycles. The molecule has 0 radical (unpaired) electrons. The van der Waals surface area contributed by atoms with E-state index < -0.39 is 0 Å². The average Bonchev–Trinajstić information content (AvgIpc) is 3.22. The third kappa shape index (κ3) is 3.28. The molecule has 2 fully saturated rings. The van der Waals surface area contributed by atoms with E-state index >= 15 is 0 Å². The Bertz CT molecular complexity index is 797. The summed E-state index contributed by atoms with van der Waals surface area (Å²) in [7, 11) is 0. The summed E-state index contributed by atoms with van der Waals surface area (Å²) in [6.45, 7) is 7.43. The highest BCUT2D eigenvalue weighted by Gasteiger charge is 2.45. The number of likely N-dealkylation sites (tertiary alicyclic amines) is 2. The second-order valence-electron chi connectivity index (χ2n) is 7.09. The zero-order chi connectivity index (χ0) is 17.4. The molecule has 2 aliphatic rings. The van der Waals surface area contributed by atoms with Gasteiger partial charge in [-0.3, -0.25) is 9.59 Å². The Morgan fingerprint density at radius 2 is 2.04 bits per heavy atom. The zero-order valence-electron chi connectivity index (χ0n) is 14.2. The standard InChI is InChI=1S/C16H21N5O2S2/c1-12-9-24-15(23)21(12)7-6-19-10-16(11-19)2-4-20(5-3-16)14(22)13-8-17-25-18-13/h8-9H,2-7,10-11H2,1H3. The highest BCUT2D eigenvalue weighted by molar-refractivity contribution is 7.07. The van der Waals surface area contributed by atoms with Gasteiger partial charge >= 0.3 is 4.87 Å². The van der Waals surface area contributed by atoms with Gasteiger partial charge in [0.25, 0.3) is 5.91 Å². The summed E-state index contributed by atoms with van der Waals surface area (Å²) >= 11 is 2.35. The minimum atomic E-state index is 0.00656. The number of carbonyl (C=O) groups is 1. The Kier molecular flexibility index (Phi) is 4.47. The molecule has 4 heterocycles. The van der Waals surface area contributed by atoms with Crippen molar-refractivity contribution in [3.63, 3.8) is 0 Å². The van der Waals surface area contributed by atoms with Gasteiger partial charge < -0.3 is 14.4 Å². The second kappa shape index (κ2) is 6.62. The molecule has 0 N–H and O–H groups in total. The van der Waals surface area contributed by atoms with E-state index in [1.165, 1.54) is 11.3 Å². The van der Waals surface area contributed by atoms with Crippen molar-refractivity contribution >= 4 is 29.0 Å². The van der Waals surface area contributed by atoms with Crippen molar-refractivity contribution in [2.75, 3.05) is 32.7 Å². The molecule has 9 heteroatoms. The predicted octanol–water partition coefficient (Wildman–Crippen LogP) is 1.31. The molecule has 25 heavy (non-hydrogen) atoms. The number of amides is 1. The van der Waals surface area contributed by atoms with Crippen molar-refractivity contribution in [3.05, 3.63) is 32.6 Å². The summed E-state index contributed by atoms with van der Waals surface area (Å²) in [5, 5.41) is 1.92. The van der Waals surface area contributed by atoms with Crippen LogP contribution in [-0.4, -0.2) is 61.7 Å². The maximum atomic E-state index is 12.3. The van der Waals surface area contributed by atoms with E-state index in [0.717, 1.165) is 69.5 Å². The van der Waals surface area contributed by atoms with Crippen LogP contribution in [0.2, 0.25) is 0 Å². The minimum absolute atomic E-state index is 0.00656. The predicted molar refractivity (Wildman–Crippen MR) is 97.2 cm³/mol. The Morgan fingerprint density at radius 3 is 2.64 bits per heavy atom. The van der Waals surface area contributed by atoms with E-state index in [-0.39, 0.29) is 10.8 Å². The molecule has 0 aliphatic carbocycles. The van der Waals surface area contributed by atoms with E-state index in [0.29, 0.717) is 11.1 Å². The van der Waals surface area contributed by atoms with Crippen LogP contribution in [0.3, 0.4) is 0 Å². The molecule has 7 nitrogen and oxygen atoms in total. The number of piperidine rings is 1. The summed E-state index contributed by atoms with van der Waals surface area (Å²) in [5.74, 6) is 0.00656. The lowest BCUT2D eigenvalue weighted by atomic mass is 9.72. The van der Waals surface area contributed by atoms with E-state index in [4.69, 9.17) is 0 Å². The lowest BCUT2D eigenvalue weighted by Gasteiger charge is -2.54. The van der Waals surface area contributed by atoms with Gasteiger partial charge in [0, 0.05) is 50.3 Å². The molecule has 2 aromatic heterocycles. The summed E-state index contributed by atoms with van der Waals surface area (Å²) in [5.41, 5.74) is 1.87. The first-order valence-corrected chi connectivity index (χ1v) is 10.1. The van der Waals surface area contributed by atoms with E-state index in [9.17, 15) is 9.59 Å². The Balaban J connectivity index is 1.25. The van der Waals surface area contributed by atoms with Gasteiger partial charge in [0.15, 0.2) is 5.69 Å². The molecule has 0 unspecified atom stereocenters. The summed E-state index contributed by atoms with van der Waals surface area (Å²) < 4.78 is 9.81. The van der Waals surface area contributed by atoms with Gasteiger partial charge in [-0.2, -0.15) is 8.75 Å². The maximum absolute atomic E-state index is 12.3. The number of nitrogens with zero attached hydrogens (tertiary/aromatic N) is 5. The molecular formula is C16H21N5O2S2. The number of rotatable bonds is 4. The van der Waals surface area contributed by atoms with Crippen molar-refractivity contribution in [1.82, 2.24) is 23.1 Å². The monoisotopic (exact) mass is 379 g/mol. The van der Waals surface area contributed by atoms with Gasteiger partial charge in [-0.25, -0.2) is 0 Å². The first-order chi connectivity index (χ1) is 12.1. The highest BCUT2D eigenvalue weighted by Crippen LogP contribution is 2.40. The average molecular weight is 380 g/mol. The van der Waals surface area contributed by atoms with Gasteiger partial charge in [-0.05, 0) is 25.2 Å². The number of carbonyl (C=O) groups excluding carboxylic acids is 1. The van der Waals surface area contributed by atoms with Gasteiger partial charge in [0.1, 0.15) is 0 Å². The van der Waals surface area contributed by atoms with Crippen LogP contribution in [0.1, 0.15) is 29.0 Å². The minimum Gasteiger partial charge on any atom is -0.337 e. The first kappa shape index (κ1) is 16.9. The van der Waals surface area contributed by atoms with Crippen molar-refractivity contribution in [2.45, 2.75) is 26.3 Å². The van der Waals surface area contributed by atoms with Gasteiger partial charge in [-0.15, -0.1) is 0 Å². The number of hydrogen-bond acceptors (Lipinski definition) is 7. The van der Waals surface area contributed by atoms with Crippen LogP contribution < -0.4 is 4.87 Å². The number of hydrogen-bond donors (Lipinski definition) is 0. The lowest BCUT2D eigenvalue weighted by molar-refractivity contribution is -0.0432. The van der Waals surface area contributed by atoms with Crippen LogP contribution >= 0.6 is 23.1 Å². The van der Waals surface area contributed by atoms with Gasteiger partial charge in [0.2, 0.25) is 0 Å². The molecule has 2 aliphatic heterocycles. The number of aryl methyl sites for hydroxylation is 1. The molecular weight excluding hydrogens is 358 g/mol. The molecule has 0 aromatic carbocycles. The maximum Gasteiger partial charge on any atom is 0.307 e. The van der Waals surface area contributed by atoms with Crippen LogP contribution in [0.15, 0.2) is 16.4 Å². The molecule has 0 atom stereocenters. The molecule has 0 saturated carbocycles. The van der Waals surface area contributed by atoms with Crippen molar-refractivity contribution in [2.24, 2.45) is 5.41 Å². The molecule has 4 rings (SSSR count). The van der Waals surface area contributed by atoms with Crippen LogP contribution in [0, 0.1) is 12.3 Å². The van der Waals surface area contributed by atoms with Crippen LogP contribution in [0.5, 0.6) is 0 Å². The number of thiazole rings is 1. The fourth-order valence-electron chi connectivity index (χ4n) is 3.90. The third-order valence-electron chi connectivity index (χ3n) is 5.43. The van der Waals surface area contributed by atoms with Crippen LogP contribution in [0.4, 0.5) is 0 Å². The Labute approximate surface area is 154 Å². The van der Waals surface area contributed by atoms with E-state index in [1.54, 1.807) is 6.20 Å². The molecule has 1 spiro atoms. The summed E-state index contributed by atoms with van der Waals surface area (Å²) in [4.78, 5) is 28.6. The fraction of sp³-hybridized carbons (Fsp3) is 0.625. The quantitative estimate of drug-likeness (QED) is 0.801. The number of aromatic nitrogens is 3. The van der Waals surface area contributed by atoms with E-state index in [1.807, 2.05) is 21.8 Å². The lowest BCUT2D eigenvalue weighted by Crippen LogP contribution is -2.61. The normalized spacial score (nSPS) is 20.0. The first-order valence-electron chi connectivity index (χ1n) is 8.50. The molecule has 0 bridgehead atoms. The Morgan fingerprint density at radius 1 is 1.28 bits per heavy atom. The second-order valence-corrected chi connectivity index (χ2v) is 8.47. The summed E-state index contributed by atoms with van der Waals surface area (Å²) in [6.07, 6.45) is 3.64. The van der Waals surface area contributed by atoms with Crippen molar-refractivity contribution in [3.8, 4) is 0 Å². The van der Waals surface area contributed by atoms with Gasteiger partial charge in [0.05, 0.1) is 17.9 Å². The summed E-state index contributed by atoms with van der Waals surface area (Å²) in [6, 6.07) is 0. The largest absolute Gasteiger partial charge is 0.337 e. The smallest absolute Gasteiger partial charge is 0.307 e. The van der Waals surface area contributed by atoms with Crippen LogP contribution in [0.25, 0.3) is 0 Å². The Hall–Kier alpha value is -1.58. The highest BCUT2D eigenvalue weighted by atomic mass is 32.1. The molecule has 134 valence electrons. The van der Waals surface area contributed by atoms with Crippen molar-refractivity contribution < 1.29 is 4.79 Å². The van der Waals surface area contributed by atoms with E-state index in [2.05, 4.69) is 13.6 Å². The SMILES string of the molecule is Cc1csc(=O)n1CCN1CC2(CCN(C(=O)c3cnsn3)CC2)C1. The van der Waals surface area contributed by atoms with Gasteiger partial charge in [-0.1, -0.05) is 11.3 Å². The molecule has 2 aromatic rings.